The number of amides is 6. The van der Waals surface area contributed by atoms with E-state index in [1.54, 1.807) is 72.8 Å². The highest BCUT2D eigenvalue weighted by atomic mass is 16.2. The van der Waals surface area contributed by atoms with Gasteiger partial charge in [0.2, 0.25) is 0 Å². The van der Waals surface area contributed by atoms with Crippen molar-refractivity contribution in [3.8, 4) is 0 Å². The summed E-state index contributed by atoms with van der Waals surface area (Å²) < 4.78 is 0. The van der Waals surface area contributed by atoms with E-state index >= 15 is 0 Å². The summed E-state index contributed by atoms with van der Waals surface area (Å²) in [4.78, 5) is 82.6. The Morgan fingerprint density at radius 1 is 0.356 bits per heavy atom. The molecular formula is C35H34N4O6. The molecule has 0 saturated heterocycles. The van der Waals surface area contributed by atoms with Crippen LogP contribution in [0.15, 0.2) is 72.8 Å². The molecule has 0 fully saturated rings. The van der Waals surface area contributed by atoms with Gasteiger partial charge in [-0.15, -0.1) is 0 Å². The van der Waals surface area contributed by atoms with Crippen LogP contribution in [0, 0.1) is 0 Å². The van der Waals surface area contributed by atoms with Gasteiger partial charge >= 0.3 is 0 Å². The molecule has 230 valence electrons. The largest absolute Gasteiger partial charge is 0.303 e. The minimum atomic E-state index is -0.274. The normalized spacial score (nSPS) is 15.5. The van der Waals surface area contributed by atoms with Crippen molar-refractivity contribution in [3.05, 3.63) is 106 Å². The molecule has 3 aromatic carbocycles. The lowest BCUT2D eigenvalue weighted by Gasteiger charge is -2.24. The number of carbonyl (C=O) groups is 6. The molecule has 0 aliphatic carbocycles. The maximum absolute atomic E-state index is 12.8. The summed E-state index contributed by atoms with van der Waals surface area (Å²) >= 11 is 0. The van der Waals surface area contributed by atoms with E-state index in [-0.39, 0.29) is 35.4 Å². The Morgan fingerprint density at radius 3 is 0.889 bits per heavy atom. The van der Waals surface area contributed by atoms with Crippen molar-refractivity contribution in [2.24, 2.45) is 0 Å². The van der Waals surface area contributed by atoms with Gasteiger partial charge in [-0.25, -0.2) is 0 Å². The molecule has 6 rings (SSSR count). The number of unbranched alkanes of at least 4 members (excludes halogenated alkanes) is 2. The van der Waals surface area contributed by atoms with Crippen LogP contribution in [0.3, 0.4) is 0 Å². The van der Waals surface area contributed by atoms with Crippen molar-refractivity contribution < 1.29 is 28.8 Å². The zero-order valence-electron chi connectivity index (χ0n) is 24.9. The fraction of sp³-hybridized carbons (Fsp3) is 0.314. The number of hydrogen-bond acceptors (Lipinski definition) is 7. The number of carbonyl (C=O) groups excluding carboxylic acids is 6. The van der Waals surface area contributed by atoms with E-state index in [9.17, 15) is 28.8 Å². The third kappa shape index (κ3) is 5.81. The van der Waals surface area contributed by atoms with Gasteiger partial charge < -0.3 is 4.90 Å². The second kappa shape index (κ2) is 13.0. The van der Waals surface area contributed by atoms with Crippen molar-refractivity contribution in [1.82, 2.24) is 19.6 Å². The van der Waals surface area contributed by atoms with E-state index < -0.39 is 0 Å². The average Bonchev–Trinajstić information content (AvgIpc) is 3.56. The summed E-state index contributed by atoms with van der Waals surface area (Å²) in [6.45, 7) is 2.97. The van der Waals surface area contributed by atoms with Crippen LogP contribution >= 0.6 is 0 Å². The minimum Gasteiger partial charge on any atom is -0.303 e. The Hall–Kier alpha value is -4.96. The van der Waals surface area contributed by atoms with Gasteiger partial charge in [-0.1, -0.05) is 36.4 Å². The number of benzene rings is 3. The average molecular weight is 607 g/mol. The van der Waals surface area contributed by atoms with Gasteiger partial charge in [0.15, 0.2) is 0 Å². The van der Waals surface area contributed by atoms with Gasteiger partial charge in [-0.2, -0.15) is 0 Å². The van der Waals surface area contributed by atoms with E-state index in [0.29, 0.717) is 91.9 Å². The molecule has 0 radical (unpaired) electrons. The van der Waals surface area contributed by atoms with Crippen molar-refractivity contribution >= 4 is 35.4 Å². The Balaban J connectivity index is 1.01. The molecule has 3 aliphatic rings. The maximum Gasteiger partial charge on any atom is 0.261 e. The fourth-order valence-corrected chi connectivity index (χ4v) is 6.33. The highest BCUT2D eigenvalue weighted by Crippen LogP contribution is 2.25. The molecule has 0 spiro atoms. The summed E-state index contributed by atoms with van der Waals surface area (Å²) in [5, 5.41) is 0. The molecule has 0 saturated carbocycles. The summed E-state index contributed by atoms with van der Waals surface area (Å²) in [6.07, 6.45) is 3.32. The molecule has 0 bridgehead atoms. The molecule has 0 aromatic heterocycles. The van der Waals surface area contributed by atoms with Crippen molar-refractivity contribution in [2.45, 2.75) is 32.1 Å². The first-order valence-electron chi connectivity index (χ1n) is 15.4. The molecule has 6 amide bonds. The van der Waals surface area contributed by atoms with Gasteiger partial charge in [-0.3, -0.25) is 43.5 Å². The molecular weight excluding hydrogens is 572 g/mol. The van der Waals surface area contributed by atoms with Gasteiger partial charge in [0.05, 0.1) is 33.4 Å². The maximum atomic E-state index is 12.8. The lowest BCUT2D eigenvalue weighted by molar-refractivity contribution is 0.0626. The molecule has 3 aromatic rings. The van der Waals surface area contributed by atoms with E-state index in [1.807, 2.05) is 0 Å². The van der Waals surface area contributed by atoms with Crippen LogP contribution in [0.1, 0.15) is 94.3 Å². The lowest BCUT2D eigenvalue weighted by atomic mass is 10.1. The number of fused-ring (bicyclic) bond motifs is 3. The molecule has 10 nitrogen and oxygen atoms in total. The van der Waals surface area contributed by atoms with E-state index in [0.717, 1.165) is 12.8 Å². The Morgan fingerprint density at radius 2 is 0.600 bits per heavy atom. The van der Waals surface area contributed by atoms with Gasteiger partial charge in [0.1, 0.15) is 0 Å². The summed E-state index contributed by atoms with van der Waals surface area (Å²) in [5.41, 5.74) is 2.62. The van der Waals surface area contributed by atoms with Gasteiger partial charge in [0, 0.05) is 19.6 Å². The van der Waals surface area contributed by atoms with Crippen molar-refractivity contribution in [1.29, 1.82) is 0 Å². The zero-order valence-corrected chi connectivity index (χ0v) is 24.9. The van der Waals surface area contributed by atoms with Gasteiger partial charge in [0.25, 0.3) is 35.4 Å². The fourth-order valence-electron chi connectivity index (χ4n) is 6.33. The quantitative estimate of drug-likeness (QED) is 0.200. The first kappa shape index (κ1) is 30.1. The number of nitrogens with zero attached hydrogens (tertiary/aromatic N) is 4. The Kier molecular flexibility index (Phi) is 8.66. The van der Waals surface area contributed by atoms with Crippen LogP contribution in [-0.4, -0.2) is 94.3 Å². The standard InChI is InChI=1S/C35H34N4O6/c40-30-24-12-1-2-13-25(24)31(41)37(30)21-9-7-18-36(20-11-23-39-34(44)28-16-5-6-17-29(28)35(39)45)19-8-10-22-38-32(42)26-14-3-4-15-27(26)33(38)43/h1-6,12-17H,7-11,18-23H2. The van der Waals surface area contributed by atoms with Crippen LogP contribution < -0.4 is 0 Å². The third-order valence-corrected chi connectivity index (χ3v) is 8.70. The summed E-state index contributed by atoms with van der Waals surface area (Å²) in [6, 6.07) is 20.5. The second-order valence-electron chi connectivity index (χ2n) is 11.5. The van der Waals surface area contributed by atoms with Crippen LogP contribution in [0.4, 0.5) is 0 Å². The molecule has 0 atom stereocenters. The molecule has 0 N–H and O–H groups in total. The Bertz CT molecular complexity index is 1510. The monoisotopic (exact) mass is 606 g/mol. The second-order valence-corrected chi connectivity index (χ2v) is 11.5. The molecule has 45 heavy (non-hydrogen) atoms. The smallest absolute Gasteiger partial charge is 0.261 e. The van der Waals surface area contributed by atoms with E-state index in [4.69, 9.17) is 0 Å². The molecule has 10 heteroatoms. The highest BCUT2D eigenvalue weighted by molar-refractivity contribution is 6.22. The first-order chi connectivity index (χ1) is 21.9. The number of rotatable bonds is 14. The Labute approximate surface area is 261 Å². The van der Waals surface area contributed by atoms with Crippen molar-refractivity contribution in [3.63, 3.8) is 0 Å². The molecule has 3 aliphatic heterocycles. The summed E-state index contributed by atoms with van der Waals surface area (Å²) in [5.74, 6) is -1.60. The lowest BCUT2D eigenvalue weighted by Crippen LogP contribution is -2.35. The topological polar surface area (TPSA) is 115 Å². The highest BCUT2D eigenvalue weighted by Gasteiger charge is 2.36. The zero-order chi connectivity index (χ0) is 31.5. The molecule has 3 heterocycles. The van der Waals surface area contributed by atoms with Crippen LogP contribution in [0.25, 0.3) is 0 Å². The van der Waals surface area contributed by atoms with E-state index in [1.165, 1.54) is 14.7 Å². The number of hydrogen-bond donors (Lipinski definition) is 0. The van der Waals surface area contributed by atoms with E-state index in [2.05, 4.69) is 4.90 Å². The van der Waals surface area contributed by atoms with Crippen LogP contribution in [-0.2, 0) is 0 Å². The third-order valence-electron chi connectivity index (χ3n) is 8.70. The predicted molar refractivity (Wildman–Crippen MR) is 165 cm³/mol. The van der Waals surface area contributed by atoms with Crippen LogP contribution in [0.2, 0.25) is 0 Å². The summed E-state index contributed by atoms with van der Waals surface area (Å²) in [7, 11) is 0. The van der Waals surface area contributed by atoms with Gasteiger partial charge in [-0.05, 0) is 88.1 Å². The minimum absolute atomic E-state index is 0.262. The van der Waals surface area contributed by atoms with Crippen molar-refractivity contribution in [2.75, 3.05) is 39.3 Å². The number of imide groups is 3. The molecule has 0 unspecified atom stereocenters. The first-order valence-corrected chi connectivity index (χ1v) is 15.4. The SMILES string of the molecule is O=C1c2ccccc2C(=O)N1CCCCN(CCCCN1C(=O)c2ccccc2C1=O)CCCN1C(=O)c2ccccc2C1=O. The van der Waals surface area contributed by atoms with Crippen LogP contribution in [0.5, 0.6) is 0 Å². The predicted octanol–water partition coefficient (Wildman–Crippen LogP) is 4.13.